The van der Waals surface area contributed by atoms with E-state index in [1.54, 1.807) is 0 Å². The van der Waals surface area contributed by atoms with Gasteiger partial charge in [-0.25, -0.2) is 0 Å². The van der Waals surface area contributed by atoms with Gasteiger partial charge in [0.15, 0.2) is 14.1 Å². The molecule has 0 spiro atoms. The predicted octanol–water partition coefficient (Wildman–Crippen LogP) is 8.74. The van der Waals surface area contributed by atoms with Crippen molar-refractivity contribution in [3.05, 3.63) is 25.3 Å². The highest BCUT2D eigenvalue weighted by Crippen LogP contribution is 2.47. The molecule has 220 valence electrons. The first kappa shape index (κ1) is 33.3. The molecule has 0 bridgehead atoms. The second-order valence-corrected chi connectivity index (χ2v) is 17.8. The fraction of sp³-hybridized carbons (Fsp3) is 0.844. The molecule has 2 rings (SSSR count). The number of carbonyl (C=O) groups is 1. The van der Waals surface area contributed by atoms with Gasteiger partial charge in [0, 0.05) is 31.6 Å². The van der Waals surface area contributed by atoms with Crippen LogP contribution in [0.1, 0.15) is 111 Å². The van der Waals surface area contributed by atoms with E-state index in [0.717, 1.165) is 51.4 Å². The first-order chi connectivity index (χ1) is 18.0. The molecule has 1 heterocycles. The van der Waals surface area contributed by atoms with Crippen molar-refractivity contribution in [1.29, 1.82) is 0 Å². The molecule has 1 aliphatic heterocycles. The van der Waals surface area contributed by atoms with Crippen LogP contribution in [0.5, 0.6) is 0 Å². The molecule has 0 aromatic carbocycles. The van der Waals surface area contributed by atoms with Crippen LogP contribution in [0.4, 0.5) is 0 Å². The Balaban J connectivity index is 2.19. The van der Waals surface area contributed by atoms with Crippen LogP contribution in [-0.4, -0.2) is 45.5 Å². The second-order valence-electron chi connectivity index (χ2n) is 13.0. The van der Waals surface area contributed by atoms with Crippen molar-refractivity contribution < 1.29 is 23.4 Å². The summed E-state index contributed by atoms with van der Waals surface area (Å²) >= 11 is 0. The Bertz CT molecular complexity index is 722. The SMILES string of the molecule is C=CCCCC(=O)O[C@H]1C[C@@H](O[Si](C)(C)C(C)(C)C)[C@H](CCC2(CCCCCCC)OCCO2)[C@H]1CC=C. The predicted molar refractivity (Wildman–Crippen MR) is 160 cm³/mol. The van der Waals surface area contributed by atoms with Gasteiger partial charge in [0.1, 0.15) is 6.10 Å². The van der Waals surface area contributed by atoms with Gasteiger partial charge in [-0.05, 0) is 56.2 Å². The maximum absolute atomic E-state index is 12.7. The highest BCUT2D eigenvalue weighted by Gasteiger charge is 2.50. The smallest absolute Gasteiger partial charge is 0.306 e. The maximum Gasteiger partial charge on any atom is 0.306 e. The van der Waals surface area contributed by atoms with Crippen molar-refractivity contribution in [3.63, 3.8) is 0 Å². The van der Waals surface area contributed by atoms with E-state index >= 15 is 0 Å². The molecule has 0 aromatic rings. The highest BCUT2D eigenvalue weighted by atomic mass is 28.4. The maximum atomic E-state index is 12.7. The molecule has 0 N–H and O–H groups in total. The van der Waals surface area contributed by atoms with Crippen LogP contribution < -0.4 is 0 Å². The zero-order valence-electron chi connectivity index (χ0n) is 25.5. The fourth-order valence-electron chi connectivity index (χ4n) is 5.79. The average molecular weight is 551 g/mol. The summed E-state index contributed by atoms with van der Waals surface area (Å²) in [6.07, 6.45) is 16.3. The number of ether oxygens (including phenoxy) is 3. The van der Waals surface area contributed by atoms with Crippen molar-refractivity contribution in [1.82, 2.24) is 0 Å². The molecule has 1 aliphatic carbocycles. The van der Waals surface area contributed by atoms with Crippen molar-refractivity contribution >= 4 is 14.3 Å². The van der Waals surface area contributed by atoms with Crippen molar-refractivity contribution in [2.75, 3.05) is 13.2 Å². The van der Waals surface area contributed by atoms with E-state index in [0.29, 0.717) is 19.6 Å². The Morgan fingerprint density at radius 1 is 0.974 bits per heavy atom. The molecular weight excluding hydrogens is 492 g/mol. The Morgan fingerprint density at radius 2 is 1.66 bits per heavy atom. The monoisotopic (exact) mass is 550 g/mol. The van der Waals surface area contributed by atoms with Crippen LogP contribution in [-0.2, 0) is 23.4 Å². The second kappa shape index (κ2) is 15.7. The molecule has 4 atom stereocenters. The van der Waals surface area contributed by atoms with Crippen molar-refractivity contribution in [3.8, 4) is 0 Å². The molecule has 1 saturated heterocycles. The summed E-state index contributed by atoms with van der Waals surface area (Å²) in [7, 11) is -2.01. The molecule has 0 radical (unpaired) electrons. The Morgan fingerprint density at radius 3 is 2.26 bits per heavy atom. The first-order valence-corrected chi connectivity index (χ1v) is 18.3. The van der Waals surface area contributed by atoms with E-state index in [4.69, 9.17) is 18.6 Å². The number of rotatable bonds is 18. The van der Waals surface area contributed by atoms with Gasteiger partial charge in [-0.2, -0.15) is 0 Å². The molecule has 1 saturated carbocycles. The van der Waals surface area contributed by atoms with Gasteiger partial charge in [-0.15, -0.1) is 13.2 Å². The van der Waals surface area contributed by atoms with E-state index in [1.807, 2.05) is 12.2 Å². The highest BCUT2D eigenvalue weighted by molar-refractivity contribution is 6.74. The lowest BCUT2D eigenvalue weighted by molar-refractivity contribution is -0.172. The summed E-state index contributed by atoms with van der Waals surface area (Å²) in [5, 5.41) is 0.113. The standard InChI is InChI=1S/C32H58O5Si/c1-9-12-14-15-17-21-32(34-23-24-35-32)22-20-27-26(18-11-3)28(36-30(33)19-16-13-10-2)25-29(27)37-38(7,8)31(4,5)6/h10-11,26-29H,2-3,9,12-25H2,1,4-8H3/t26-,27-,28+,29-/m1/s1. The van der Waals surface area contributed by atoms with Crippen LogP contribution in [0.15, 0.2) is 25.3 Å². The van der Waals surface area contributed by atoms with E-state index in [-0.39, 0.29) is 35.1 Å². The van der Waals surface area contributed by atoms with Crippen LogP contribution in [0.25, 0.3) is 0 Å². The number of unbranched alkanes of at least 4 members (excludes halogenated alkanes) is 5. The van der Waals surface area contributed by atoms with Gasteiger partial charge in [0.25, 0.3) is 0 Å². The third-order valence-corrected chi connectivity index (χ3v) is 13.6. The summed E-state index contributed by atoms with van der Waals surface area (Å²) in [5.74, 6) is -0.110. The molecule has 38 heavy (non-hydrogen) atoms. The lowest BCUT2D eigenvalue weighted by Crippen LogP contribution is -2.45. The first-order valence-electron chi connectivity index (χ1n) is 15.4. The third kappa shape index (κ3) is 9.90. The molecule has 6 heteroatoms. The molecule has 5 nitrogen and oxygen atoms in total. The molecule has 0 amide bonds. The van der Waals surface area contributed by atoms with Crippen LogP contribution in [0.2, 0.25) is 18.1 Å². The van der Waals surface area contributed by atoms with Gasteiger partial charge < -0.3 is 18.6 Å². The molecule has 2 fully saturated rings. The summed E-state index contributed by atoms with van der Waals surface area (Å²) in [6, 6.07) is 0. The van der Waals surface area contributed by atoms with E-state index in [1.165, 1.54) is 25.7 Å². The van der Waals surface area contributed by atoms with Crippen LogP contribution in [0.3, 0.4) is 0 Å². The number of allylic oxidation sites excluding steroid dienone is 2. The third-order valence-electron chi connectivity index (χ3n) is 9.07. The Labute approximate surface area is 235 Å². The summed E-state index contributed by atoms with van der Waals surface area (Å²) in [5.41, 5.74) is 0. The average Bonchev–Trinajstić information content (AvgIpc) is 3.42. The quantitative estimate of drug-likeness (QED) is 0.0739. The van der Waals surface area contributed by atoms with Crippen LogP contribution in [0, 0.1) is 11.8 Å². The normalized spacial score (nSPS) is 25.4. The number of carbonyl (C=O) groups excluding carboxylic acids is 1. The van der Waals surface area contributed by atoms with Crippen molar-refractivity contribution in [2.45, 2.75) is 147 Å². The van der Waals surface area contributed by atoms with Gasteiger partial charge in [-0.1, -0.05) is 65.5 Å². The lowest BCUT2D eigenvalue weighted by atomic mass is 9.85. The molecule has 0 unspecified atom stereocenters. The van der Waals surface area contributed by atoms with E-state index < -0.39 is 14.1 Å². The number of hydrogen-bond donors (Lipinski definition) is 0. The zero-order valence-corrected chi connectivity index (χ0v) is 26.5. The molecule has 0 aromatic heterocycles. The summed E-state index contributed by atoms with van der Waals surface area (Å²) < 4.78 is 25.7. The van der Waals surface area contributed by atoms with Gasteiger partial charge in [0.2, 0.25) is 0 Å². The van der Waals surface area contributed by atoms with Gasteiger partial charge in [0.05, 0.1) is 19.3 Å². The van der Waals surface area contributed by atoms with Gasteiger partial charge >= 0.3 is 5.97 Å². The minimum Gasteiger partial charge on any atom is -0.462 e. The van der Waals surface area contributed by atoms with Gasteiger partial charge in [-0.3, -0.25) is 4.79 Å². The summed E-state index contributed by atoms with van der Waals surface area (Å²) in [4.78, 5) is 12.7. The van der Waals surface area contributed by atoms with E-state index in [2.05, 4.69) is 53.9 Å². The lowest BCUT2D eigenvalue weighted by Gasteiger charge is -2.40. The van der Waals surface area contributed by atoms with Crippen LogP contribution >= 0.6 is 0 Å². The minimum atomic E-state index is -2.01. The van der Waals surface area contributed by atoms with Crippen molar-refractivity contribution in [2.24, 2.45) is 11.8 Å². The molecular formula is C32H58O5Si. The zero-order chi connectivity index (χ0) is 28.2. The topological polar surface area (TPSA) is 54.0 Å². The minimum absolute atomic E-state index is 0.0647. The number of esters is 1. The largest absolute Gasteiger partial charge is 0.462 e. The number of hydrogen-bond acceptors (Lipinski definition) is 5. The fourth-order valence-corrected chi connectivity index (χ4v) is 7.17. The summed E-state index contributed by atoms with van der Waals surface area (Å²) in [6.45, 7) is 22.9. The Kier molecular flexibility index (Phi) is 13.8. The molecule has 2 aliphatic rings. The van der Waals surface area contributed by atoms with E-state index in [9.17, 15) is 4.79 Å². The Hall–Kier alpha value is -0.953.